The third kappa shape index (κ3) is 6.84. The number of nitrogens with one attached hydrogen (secondary N) is 3. The Labute approximate surface area is 165 Å². The average molecular weight is 390 g/mol. The molecule has 0 bridgehead atoms. The van der Waals surface area contributed by atoms with Crippen LogP contribution in [0.25, 0.3) is 0 Å². The summed E-state index contributed by atoms with van der Waals surface area (Å²) >= 11 is 0. The number of urea groups is 1. The minimum Gasteiger partial charge on any atom is -0.480 e. The number of benzene rings is 1. The second-order valence-corrected chi connectivity index (χ2v) is 7.60. The molecule has 0 heterocycles. The third-order valence-corrected chi connectivity index (χ3v) is 4.73. The van der Waals surface area contributed by atoms with Crippen LogP contribution in [0.5, 0.6) is 0 Å². The summed E-state index contributed by atoms with van der Waals surface area (Å²) < 4.78 is 0. The van der Waals surface area contributed by atoms with Crippen molar-refractivity contribution in [3.8, 4) is 0 Å². The van der Waals surface area contributed by atoms with Crippen LogP contribution in [0.2, 0.25) is 0 Å². The molecule has 1 aromatic carbocycles. The fourth-order valence-electron chi connectivity index (χ4n) is 3.25. The number of aliphatic carboxylic acids is 1. The van der Waals surface area contributed by atoms with Gasteiger partial charge in [0.2, 0.25) is 5.91 Å². The summed E-state index contributed by atoms with van der Waals surface area (Å²) in [7, 11) is 0. The van der Waals surface area contributed by atoms with Gasteiger partial charge in [-0.05, 0) is 49.6 Å². The Balaban J connectivity index is 1.74. The van der Waals surface area contributed by atoms with Crippen molar-refractivity contribution in [3.05, 3.63) is 24.3 Å². The van der Waals surface area contributed by atoms with Gasteiger partial charge in [-0.15, -0.1) is 0 Å². The van der Waals surface area contributed by atoms with E-state index in [9.17, 15) is 14.4 Å². The van der Waals surface area contributed by atoms with Crippen molar-refractivity contribution in [3.63, 3.8) is 0 Å². The summed E-state index contributed by atoms with van der Waals surface area (Å²) in [6, 6.07) is 6.92. The Morgan fingerprint density at radius 2 is 1.68 bits per heavy atom. The van der Waals surface area contributed by atoms with Crippen LogP contribution >= 0.6 is 0 Å². The highest BCUT2D eigenvalue weighted by Gasteiger charge is 2.34. The Hall–Kier alpha value is -2.61. The van der Waals surface area contributed by atoms with Gasteiger partial charge in [-0.1, -0.05) is 20.8 Å². The van der Waals surface area contributed by atoms with Crippen LogP contribution in [0.15, 0.2) is 24.3 Å². The molecule has 0 radical (unpaired) electrons. The predicted octanol–water partition coefficient (Wildman–Crippen LogP) is 2.73. The van der Waals surface area contributed by atoms with Crippen LogP contribution in [0.4, 0.5) is 16.2 Å². The number of hydrogen-bond acceptors (Lipinski definition) is 4. The van der Waals surface area contributed by atoms with E-state index in [1.165, 1.54) is 0 Å². The summed E-state index contributed by atoms with van der Waals surface area (Å²) in [4.78, 5) is 36.7. The van der Waals surface area contributed by atoms with Gasteiger partial charge in [0, 0.05) is 29.9 Å². The highest BCUT2D eigenvalue weighted by Crippen LogP contribution is 2.25. The molecule has 0 spiro atoms. The van der Waals surface area contributed by atoms with Crippen molar-refractivity contribution in [1.29, 1.82) is 0 Å². The third-order valence-electron chi connectivity index (χ3n) is 4.73. The Morgan fingerprint density at radius 1 is 1.11 bits per heavy atom. The van der Waals surface area contributed by atoms with E-state index in [1.54, 1.807) is 24.3 Å². The predicted molar refractivity (Wildman–Crippen MR) is 108 cm³/mol. The SMILES string of the molecule is CCN(CC(=O)O)C1CC(NC(=O)Nc2ccc(NC(=O)CC(C)C)cc2)C1. The molecule has 0 aromatic heterocycles. The number of carbonyl (C=O) groups excluding carboxylic acids is 2. The summed E-state index contributed by atoms with van der Waals surface area (Å²) in [6.45, 7) is 6.62. The number of rotatable bonds is 9. The molecule has 0 unspecified atom stereocenters. The molecule has 0 aliphatic heterocycles. The quantitative estimate of drug-likeness (QED) is 0.518. The molecule has 1 aliphatic carbocycles. The van der Waals surface area contributed by atoms with E-state index in [2.05, 4.69) is 16.0 Å². The van der Waals surface area contributed by atoms with E-state index in [0.717, 1.165) is 12.8 Å². The lowest BCUT2D eigenvalue weighted by Gasteiger charge is -2.42. The molecule has 0 saturated heterocycles. The standard InChI is InChI=1S/C20H30N4O4/c1-4-24(12-19(26)27)17-10-16(11-17)23-20(28)22-15-7-5-14(6-8-15)21-18(25)9-13(2)3/h5-8,13,16-17H,4,9-12H2,1-3H3,(H,21,25)(H,26,27)(H2,22,23,28). The van der Waals surface area contributed by atoms with Crippen LogP contribution in [0.1, 0.15) is 40.0 Å². The van der Waals surface area contributed by atoms with Crippen molar-refractivity contribution in [2.45, 2.75) is 52.1 Å². The first kappa shape index (κ1) is 21.7. The van der Waals surface area contributed by atoms with Gasteiger partial charge in [0.1, 0.15) is 0 Å². The molecule has 1 fully saturated rings. The van der Waals surface area contributed by atoms with Crippen molar-refractivity contribution in [1.82, 2.24) is 10.2 Å². The zero-order chi connectivity index (χ0) is 20.7. The zero-order valence-corrected chi connectivity index (χ0v) is 16.7. The number of carbonyl (C=O) groups is 3. The van der Waals surface area contributed by atoms with Gasteiger partial charge in [0.25, 0.3) is 0 Å². The molecule has 4 N–H and O–H groups in total. The van der Waals surface area contributed by atoms with Gasteiger partial charge >= 0.3 is 12.0 Å². The van der Waals surface area contributed by atoms with E-state index in [1.807, 2.05) is 25.7 Å². The summed E-state index contributed by atoms with van der Waals surface area (Å²) in [5.41, 5.74) is 1.33. The molecule has 8 nitrogen and oxygen atoms in total. The van der Waals surface area contributed by atoms with Crippen molar-refractivity contribution in [2.75, 3.05) is 23.7 Å². The molecule has 3 amide bonds. The van der Waals surface area contributed by atoms with Crippen molar-refractivity contribution in [2.24, 2.45) is 5.92 Å². The number of carboxylic acids is 1. The summed E-state index contributed by atoms with van der Waals surface area (Å²) in [5, 5.41) is 17.4. The molecule has 1 aliphatic rings. The second-order valence-electron chi connectivity index (χ2n) is 7.60. The topological polar surface area (TPSA) is 111 Å². The summed E-state index contributed by atoms with van der Waals surface area (Å²) in [6.07, 6.45) is 1.96. The monoisotopic (exact) mass is 390 g/mol. The molecule has 1 saturated carbocycles. The lowest BCUT2D eigenvalue weighted by molar-refractivity contribution is -0.139. The first-order chi connectivity index (χ1) is 13.3. The number of amides is 3. The average Bonchev–Trinajstić information content (AvgIpc) is 2.56. The zero-order valence-electron chi connectivity index (χ0n) is 16.7. The molecule has 28 heavy (non-hydrogen) atoms. The maximum Gasteiger partial charge on any atom is 0.319 e. The van der Waals surface area contributed by atoms with Crippen LogP contribution < -0.4 is 16.0 Å². The fourth-order valence-corrected chi connectivity index (χ4v) is 3.25. The highest BCUT2D eigenvalue weighted by molar-refractivity contribution is 5.92. The fraction of sp³-hybridized carbons (Fsp3) is 0.550. The van der Waals surface area contributed by atoms with Crippen LogP contribution in [-0.2, 0) is 9.59 Å². The Kier molecular flexibility index (Phi) is 7.80. The number of nitrogens with zero attached hydrogens (tertiary/aromatic N) is 1. The Bertz CT molecular complexity index is 684. The van der Waals surface area contributed by atoms with Gasteiger partial charge in [-0.3, -0.25) is 14.5 Å². The number of hydrogen-bond donors (Lipinski definition) is 4. The largest absolute Gasteiger partial charge is 0.480 e. The van der Waals surface area contributed by atoms with Crippen LogP contribution in [0.3, 0.4) is 0 Å². The molecule has 154 valence electrons. The first-order valence-electron chi connectivity index (χ1n) is 9.70. The van der Waals surface area contributed by atoms with E-state index in [4.69, 9.17) is 5.11 Å². The van der Waals surface area contributed by atoms with Crippen molar-refractivity contribution < 1.29 is 19.5 Å². The number of carboxylic acid groups (broad SMARTS) is 1. The van der Waals surface area contributed by atoms with Gasteiger partial charge in [-0.2, -0.15) is 0 Å². The van der Waals surface area contributed by atoms with E-state index in [0.29, 0.717) is 30.3 Å². The minimum atomic E-state index is -0.833. The van der Waals surface area contributed by atoms with Crippen LogP contribution in [0, 0.1) is 5.92 Å². The highest BCUT2D eigenvalue weighted by atomic mass is 16.4. The maximum absolute atomic E-state index is 12.1. The van der Waals surface area contributed by atoms with Crippen LogP contribution in [-0.4, -0.2) is 53.1 Å². The molecular formula is C20H30N4O4. The van der Waals surface area contributed by atoms with E-state index in [-0.39, 0.29) is 30.6 Å². The van der Waals surface area contributed by atoms with Gasteiger partial charge in [0.15, 0.2) is 0 Å². The van der Waals surface area contributed by atoms with Gasteiger partial charge < -0.3 is 21.1 Å². The molecule has 0 atom stereocenters. The normalized spacial score (nSPS) is 18.5. The molecule has 1 aromatic rings. The smallest absolute Gasteiger partial charge is 0.319 e. The van der Waals surface area contributed by atoms with Crippen molar-refractivity contribution >= 4 is 29.3 Å². The minimum absolute atomic E-state index is 0.0279. The number of likely N-dealkylation sites (N-methyl/N-ethyl adjacent to an activating group) is 1. The van der Waals surface area contributed by atoms with E-state index < -0.39 is 5.97 Å². The lowest BCUT2D eigenvalue weighted by atomic mass is 9.85. The van der Waals surface area contributed by atoms with E-state index >= 15 is 0 Å². The second kappa shape index (κ2) is 10.1. The van der Waals surface area contributed by atoms with Gasteiger partial charge in [0.05, 0.1) is 6.54 Å². The maximum atomic E-state index is 12.1. The molecule has 2 rings (SSSR count). The first-order valence-corrected chi connectivity index (χ1v) is 9.70. The molecular weight excluding hydrogens is 360 g/mol. The van der Waals surface area contributed by atoms with Gasteiger partial charge in [-0.25, -0.2) is 4.79 Å². The Morgan fingerprint density at radius 3 is 2.18 bits per heavy atom. The molecule has 8 heteroatoms. The summed E-state index contributed by atoms with van der Waals surface area (Å²) in [5.74, 6) is -0.568. The lowest BCUT2D eigenvalue weighted by Crippen LogP contribution is -2.55. The number of anilines is 2.